The van der Waals surface area contributed by atoms with Gasteiger partial charge in [-0.05, 0) is 30.2 Å². The van der Waals surface area contributed by atoms with E-state index >= 15 is 0 Å². The first-order valence-electron chi connectivity index (χ1n) is 4.02. The van der Waals surface area contributed by atoms with Crippen LogP contribution in [-0.4, -0.2) is 5.78 Å². The fourth-order valence-electron chi connectivity index (χ4n) is 0.925. The van der Waals surface area contributed by atoms with Crippen molar-refractivity contribution in [1.82, 2.24) is 0 Å². The van der Waals surface area contributed by atoms with Crippen LogP contribution >= 0.6 is 11.6 Å². The Bertz CT molecular complexity index is 265. The molecule has 3 heteroatoms. The molecule has 1 aromatic rings. The fraction of sp³-hybridized carbons (Fsp3) is 0.444. The lowest BCUT2D eigenvalue weighted by Gasteiger charge is -1.93. The van der Waals surface area contributed by atoms with Crippen molar-refractivity contribution in [1.29, 1.82) is 0 Å². The number of rotatable bonds is 4. The Morgan fingerprint density at radius 1 is 1.58 bits per heavy atom. The summed E-state index contributed by atoms with van der Waals surface area (Å²) < 4.78 is 4.96. The minimum absolute atomic E-state index is 0.0313. The minimum Gasteiger partial charge on any atom is -0.442 e. The molecule has 0 bridgehead atoms. The van der Waals surface area contributed by atoms with Gasteiger partial charge in [0, 0.05) is 6.42 Å². The number of unbranched alkanes of at least 4 members (excludes halogenated alkanes) is 1. The lowest BCUT2D eigenvalue weighted by atomic mass is 10.1. The van der Waals surface area contributed by atoms with Crippen molar-refractivity contribution in [3.05, 3.63) is 23.1 Å². The highest BCUT2D eigenvalue weighted by molar-refractivity contribution is 6.29. The summed E-state index contributed by atoms with van der Waals surface area (Å²) in [5.41, 5.74) is 0. The monoisotopic (exact) mass is 186 g/mol. The number of ketones is 1. The highest BCUT2D eigenvalue weighted by Gasteiger charge is 2.08. The number of hydrogen-bond donors (Lipinski definition) is 0. The number of carbonyl (C=O) groups excluding carboxylic acids is 1. The normalized spacial score (nSPS) is 10.2. The van der Waals surface area contributed by atoms with E-state index < -0.39 is 0 Å². The number of hydrogen-bond acceptors (Lipinski definition) is 2. The van der Waals surface area contributed by atoms with Crippen molar-refractivity contribution in [3.63, 3.8) is 0 Å². The van der Waals surface area contributed by atoms with Crippen molar-refractivity contribution in [2.24, 2.45) is 0 Å². The van der Waals surface area contributed by atoms with Crippen LogP contribution in [0, 0.1) is 0 Å². The van der Waals surface area contributed by atoms with Crippen LogP contribution in [0.5, 0.6) is 0 Å². The third-order valence-corrected chi connectivity index (χ3v) is 1.81. The van der Waals surface area contributed by atoms with Gasteiger partial charge in [-0.2, -0.15) is 0 Å². The molecule has 12 heavy (non-hydrogen) atoms. The third kappa shape index (κ3) is 2.38. The van der Waals surface area contributed by atoms with Gasteiger partial charge in [-0.3, -0.25) is 4.79 Å². The van der Waals surface area contributed by atoms with Gasteiger partial charge in [0.1, 0.15) is 0 Å². The third-order valence-electron chi connectivity index (χ3n) is 1.61. The quantitative estimate of drug-likeness (QED) is 0.676. The molecule has 0 aliphatic carbocycles. The first-order chi connectivity index (χ1) is 5.74. The second-order valence-corrected chi connectivity index (χ2v) is 3.00. The second-order valence-electron chi connectivity index (χ2n) is 2.63. The number of carbonyl (C=O) groups is 1. The molecule has 0 radical (unpaired) electrons. The lowest BCUT2D eigenvalue weighted by molar-refractivity contribution is 0.0953. The van der Waals surface area contributed by atoms with E-state index in [9.17, 15) is 4.79 Å². The Labute approximate surface area is 76.5 Å². The molecule has 0 aliphatic heterocycles. The van der Waals surface area contributed by atoms with Gasteiger partial charge in [0.15, 0.2) is 16.8 Å². The predicted octanol–water partition coefficient (Wildman–Crippen LogP) is 3.31. The largest absolute Gasteiger partial charge is 0.442 e. The zero-order chi connectivity index (χ0) is 8.97. The number of furan rings is 1. The van der Waals surface area contributed by atoms with Crippen LogP contribution < -0.4 is 0 Å². The van der Waals surface area contributed by atoms with Crippen molar-refractivity contribution >= 4 is 17.4 Å². The Balaban J connectivity index is 2.53. The van der Waals surface area contributed by atoms with Crippen LogP contribution in [0.1, 0.15) is 36.7 Å². The average Bonchev–Trinajstić information content (AvgIpc) is 2.47. The maximum atomic E-state index is 11.3. The van der Waals surface area contributed by atoms with Gasteiger partial charge in [0.25, 0.3) is 0 Å². The Morgan fingerprint density at radius 2 is 2.33 bits per heavy atom. The summed E-state index contributed by atoms with van der Waals surface area (Å²) in [5, 5.41) is 0.273. The van der Waals surface area contributed by atoms with E-state index in [1.165, 1.54) is 0 Å². The van der Waals surface area contributed by atoms with Crippen LogP contribution in [0.15, 0.2) is 16.5 Å². The molecule has 1 heterocycles. The van der Waals surface area contributed by atoms with Gasteiger partial charge in [-0.15, -0.1) is 0 Å². The molecule has 66 valence electrons. The summed E-state index contributed by atoms with van der Waals surface area (Å²) in [5.74, 6) is 0.400. The zero-order valence-electron chi connectivity index (χ0n) is 6.97. The topological polar surface area (TPSA) is 30.2 Å². The van der Waals surface area contributed by atoms with Crippen LogP contribution in [0.3, 0.4) is 0 Å². The zero-order valence-corrected chi connectivity index (χ0v) is 7.73. The molecular formula is C9H11ClO2. The van der Waals surface area contributed by atoms with E-state index in [-0.39, 0.29) is 11.0 Å². The molecule has 0 aliphatic rings. The second kappa shape index (κ2) is 4.31. The minimum atomic E-state index is 0.0313. The van der Waals surface area contributed by atoms with Crippen LogP contribution in [0.2, 0.25) is 5.22 Å². The van der Waals surface area contributed by atoms with E-state index in [0.717, 1.165) is 12.8 Å². The highest BCUT2D eigenvalue weighted by atomic mass is 35.5. The SMILES string of the molecule is CCCCC(=O)c1ccc(Cl)o1. The van der Waals surface area contributed by atoms with Crippen LogP contribution in [0.25, 0.3) is 0 Å². The summed E-state index contributed by atoms with van der Waals surface area (Å²) in [4.78, 5) is 11.3. The lowest BCUT2D eigenvalue weighted by Crippen LogP contribution is -1.95. The van der Waals surface area contributed by atoms with Crippen molar-refractivity contribution < 1.29 is 9.21 Å². The molecule has 0 fully saturated rings. The van der Waals surface area contributed by atoms with Gasteiger partial charge in [0.05, 0.1) is 0 Å². The average molecular weight is 187 g/mol. The molecule has 2 nitrogen and oxygen atoms in total. The Hall–Kier alpha value is -0.760. The van der Waals surface area contributed by atoms with Gasteiger partial charge in [-0.25, -0.2) is 0 Å². The maximum Gasteiger partial charge on any atom is 0.198 e. The standard InChI is InChI=1S/C9H11ClO2/c1-2-3-4-7(11)8-5-6-9(10)12-8/h5-6H,2-4H2,1H3. The van der Waals surface area contributed by atoms with E-state index in [0.29, 0.717) is 12.2 Å². The summed E-state index contributed by atoms with van der Waals surface area (Å²) in [6.45, 7) is 2.04. The smallest absolute Gasteiger partial charge is 0.198 e. The molecular weight excluding hydrogens is 176 g/mol. The van der Waals surface area contributed by atoms with Crippen molar-refractivity contribution in [2.75, 3.05) is 0 Å². The van der Waals surface area contributed by atoms with Crippen LogP contribution in [0.4, 0.5) is 0 Å². The van der Waals surface area contributed by atoms with Gasteiger partial charge >= 0.3 is 0 Å². The first kappa shape index (κ1) is 9.33. The number of halogens is 1. The summed E-state index contributed by atoms with van der Waals surface area (Å²) in [7, 11) is 0. The molecule has 0 atom stereocenters. The summed E-state index contributed by atoms with van der Waals surface area (Å²) in [6.07, 6.45) is 2.46. The molecule has 0 spiro atoms. The Kier molecular flexibility index (Phi) is 3.35. The molecule has 0 saturated heterocycles. The van der Waals surface area contributed by atoms with Gasteiger partial charge < -0.3 is 4.42 Å². The highest BCUT2D eigenvalue weighted by Crippen LogP contribution is 2.15. The van der Waals surface area contributed by atoms with Crippen molar-refractivity contribution in [3.8, 4) is 0 Å². The van der Waals surface area contributed by atoms with Gasteiger partial charge in [-0.1, -0.05) is 13.3 Å². The van der Waals surface area contributed by atoms with E-state index in [4.69, 9.17) is 16.0 Å². The van der Waals surface area contributed by atoms with E-state index in [1.54, 1.807) is 12.1 Å². The van der Waals surface area contributed by atoms with Crippen LogP contribution in [-0.2, 0) is 0 Å². The molecule has 0 amide bonds. The maximum absolute atomic E-state index is 11.3. The molecule has 1 rings (SSSR count). The Morgan fingerprint density at radius 3 is 2.83 bits per heavy atom. The molecule has 0 unspecified atom stereocenters. The van der Waals surface area contributed by atoms with E-state index in [1.807, 2.05) is 6.92 Å². The molecule has 1 aromatic heterocycles. The summed E-state index contributed by atoms with van der Waals surface area (Å²) in [6, 6.07) is 3.20. The molecule has 0 saturated carbocycles. The van der Waals surface area contributed by atoms with E-state index in [2.05, 4.69) is 0 Å². The number of Topliss-reactive ketones (excluding diaryl/α,β-unsaturated/α-hetero) is 1. The van der Waals surface area contributed by atoms with Crippen molar-refractivity contribution in [2.45, 2.75) is 26.2 Å². The summed E-state index contributed by atoms with van der Waals surface area (Å²) >= 11 is 5.52. The fourth-order valence-corrected chi connectivity index (χ4v) is 1.07. The predicted molar refractivity (Wildman–Crippen MR) is 47.6 cm³/mol. The molecule has 0 aromatic carbocycles. The first-order valence-corrected chi connectivity index (χ1v) is 4.40. The molecule has 0 N–H and O–H groups in total. The van der Waals surface area contributed by atoms with Gasteiger partial charge in [0.2, 0.25) is 0 Å².